The van der Waals surface area contributed by atoms with Crippen LogP contribution in [-0.2, 0) is 19.1 Å². The first kappa shape index (κ1) is 40.4. The number of aliphatic hydroxyl groups is 4. The van der Waals surface area contributed by atoms with Crippen LogP contribution >= 0.6 is 0 Å². The van der Waals surface area contributed by atoms with E-state index in [2.05, 4.69) is 33.8 Å². The van der Waals surface area contributed by atoms with Gasteiger partial charge in [0.25, 0.3) is 0 Å². The molecular weight excluding hydrogens is 608 g/mol. The van der Waals surface area contributed by atoms with Gasteiger partial charge in [-0.05, 0) is 98.2 Å². The summed E-state index contributed by atoms with van der Waals surface area (Å²) in [6.45, 7) is 16.3. The lowest BCUT2D eigenvalue weighted by atomic mass is 9.33. The second-order valence-electron chi connectivity index (χ2n) is 17.0. The predicted molar refractivity (Wildman–Crippen MR) is 189 cm³/mol. The SMILES string of the molecule is C.C.C/C=C/C(=O)OC[C@]1(C)C2CC[C@]3(C)C(CC=C4C5CC(C)(C)[C@@H](O)[C@H](OC(=O)/C=C/C)[C@]5(CO)[C@H](O)C[C@]43C)[C@@]2(C)CC[C@@H]1O. The predicted octanol–water partition coefficient (Wildman–Crippen LogP) is 6.55. The van der Waals surface area contributed by atoms with Crippen molar-refractivity contribution < 1.29 is 39.5 Å². The highest BCUT2D eigenvalue weighted by molar-refractivity contribution is 5.82. The number of carbonyl (C=O) groups is 2. The van der Waals surface area contributed by atoms with Gasteiger partial charge in [-0.1, -0.05) is 80.2 Å². The van der Waals surface area contributed by atoms with E-state index in [4.69, 9.17) is 9.47 Å². The number of fused-ring (bicyclic) bond motifs is 7. The Hall–Kier alpha value is -2.00. The third-order valence-corrected chi connectivity index (χ3v) is 14.5. The first-order valence-corrected chi connectivity index (χ1v) is 17.4. The highest BCUT2D eigenvalue weighted by Gasteiger charge is 2.73. The number of ether oxygens (including phenoxy) is 2. The van der Waals surface area contributed by atoms with Crippen LogP contribution in [0.4, 0.5) is 0 Å². The normalized spacial score (nSPS) is 46.1. The lowest BCUT2D eigenvalue weighted by molar-refractivity contribution is -0.263. The maximum Gasteiger partial charge on any atom is 0.330 e. The third kappa shape index (κ3) is 5.56. The number of hydrogen-bond acceptors (Lipinski definition) is 8. The van der Waals surface area contributed by atoms with Gasteiger partial charge in [0.15, 0.2) is 0 Å². The van der Waals surface area contributed by atoms with E-state index in [1.807, 2.05) is 13.8 Å². The van der Waals surface area contributed by atoms with Crippen LogP contribution in [0.25, 0.3) is 0 Å². The van der Waals surface area contributed by atoms with Gasteiger partial charge in [-0.15, -0.1) is 0 Å². The minimum absolute atomic E-state index is 0. The zero-order chi connectivity index (χ0) is 34.1. The average Bonchev–Trinajstić information content (AvgIpc) is 2.97. The van der Waals surface area contributed by atoms with Gasteiger partial charge in [-0.3, -0.25) is 0 Å². The molecule has 0 aromatic rings. The van der Waals surface area contributed by atoms with Crippen molar-refractivity contribution in [3.8, 4) is 0 Å². The molecule has 8 heteroatoms. The van der Waals surface area contributed by atoms with Gasteiger partial charge in [-0.2, -0.15) is 0 Å². The van der Waals surface area contributed by atoms with Gasteiger partial charge in [0, 0.05) is 17.6 Å². The molecule has 5 rings (SSSR count). The second kappa shape index (κ2) is 13.6. The quantitative estimate of drug-likeness (QED) is 0.142. The number of hydrogen-bond donors (Lipinski definition) is 4. The third-order valence-electron chi connectivity index (χ3n) is 14.5. The van der Waals surface area contributed by atoms with Crippen LogP contribution < -0.4 is 0 Å². The number of aliphatic hydroxyl groups excluding tert-OH is 4. The fourth-order valence-electron chi connectivity index (χ4n) is 11.8. The molecule has 0 aliphatic heterocycles. The molecule has 4 saturated carbocycles. The lowest BCUT2D eigenvalue weighted by Gasteiger charge is -2.72. The Labute approximate surface area is 290 Å². The standard InChI is InChI=1S/C38H58O8.2CH4/c1-9-11-29(42)45-22-35(6)25-15-18-36(7)26(34(25,5)17-16-27(35)40)14-13-23-24-19-33(3,4)31(44)32(46-30(43)12-10-2)38(24,21-39)28(41)20-37(23,36)8;;/h9-13,24-28,31-32,39-41,44H,14-22H2,1-8H3;2*1H4/b11-9+,12-10+;;/t24?,25?,26?,27-,28+,31-,32-,34-,35+,36+,37+,38-;;/m0../s1. The molecule has 5 aliphatic rings. The molecule has 0 aromatic heterocycles. The van der Waals surface area contributed by atoms with Crippen molar-refractivity contribution in [1.29, 1.82) is 0 Å². The van der Waals surface area contributed by atoms with Crippen molar-refractivity contribution in [3.05, 3.63) is 36.0 Å². The highest BCUT2D eigenvalue weighted by atomic mass is 16.6. The van der Waals surface area contributed by atoms with Crippen molar-refractivity contribution >= 4 is 11.9 Å². The van der Waals surface area contributed by atoms with Crippen molar-refractivity contribution in [2.45, 2.75) is 140 Å². The lowest BCUT2D eigenvalue weighted by Crippen LogP contribution is -2.72. The molecule has 0 heterocycles. The Morgan fingerprint density at radius 1 is 0.875 bits per heavy atom. The minimum atomic E-state index is -1.23. The summed E-state index contributed by atoms with van der Waals surface area (Å²) in [5, 5.41) is 46.4. The van der Waals surface area contributed by atoms with Gasteiger partial charge in [-0.25, -0.2) is 9.59 Å². The summed E-state index contributed by atoms with van der Waals surface area (Å²) in [7, 11) is 0. The van der Waals surface area contributed by atoms with E-state index in [1.165, 1.54) is 17.7 Å². The molecule has 0 bridgehead atoms. The number of esters is 2. The molecule has 0 amide bonds. The smallest absolute Gasteiger partial charge is 0.330 e. The fourth-order valence-corrected chi connectivity index (χ4v) is 11.8. The largest absolute Gasteiger partial charge is 0.462 e. The summed E-state index contributed by atoms with van der Waals surface area (Å²) < 4.78 is 11.7. The molecule has 5 aliphatic carbocycles. The van der Waals surface area contributed by atoms with Crippen LogP contribution in [-0.4, -0.2) is 70.0 Å². The van der Waals surface area contributed by atoms with Gasteiger partial charge in [0.1, 0.15) is 6.10 Å². The molecule has 274 valence electrons. The molecule has 0 spiro atoms. The van der Waals surface area contributed by atoms with E-state index in [9.17, 15) is 30.0 Å². The van der Waals surface area contributed by atoms with E-state index in [0.29, 0.717) is 19.3 Å². The van der Waals surface area contributed by atoms with E-state index >= 15 is 0 Å². The molecule has 0 radical (unpaired) electrons. The molecule has 0 saturated heterocycles. The Morgan fingerprint density at radius 2 is 1.50 bits per heavy atom. The highest BCUT2D eigenvalue weighted by Crippen LogP contribution is 2.75. The van der Waals surface area contributed by atoms with Crippen LogP contribution in [0.1, 0.15) is 115 Å². The zero-order valence-corrected chi connectivity index (χ0v) is 29.2. The van der Waals surface area contributed by atoms with Crippen LogP contribution in [0.15, 0.2) is 36.0 Å². The summed E-state index contributed by atoms with van der Waals surface area (Å²) in [5.74, 6) is -0.875. The molecule has 0 aromatic carbocycles. The van der Waals surface area contributed by atoms with E-state index in [-0.39, 0.29) is 56.0 Å². The summed E-state index contributed by atoms with van der Waals surface area (Å²) in [4.78, 5) is 25.2. The second-order valence-corrected chi connectivity index (χ2v) is 17.0. The summed E-state index contributed by atoms with van der Waals surface area (Å²) in [6, 6.07) is 0. The maximum absolute atomic E-state index is 12.8. The van der Waals surface area contributed by atoms with Crippen molar-refractivity contribution in [1.82, 2.24) is 0 Å². The monoisotopic (exact) mass is 674 g/mol. The molecule has 48 heavy (non-hydrogen) atoms. The van der Waals surface area contributed by atoms with Gasteiger partial charge in [0.2, 0.25) is 0 Å². The van der Waals surface area contributed by atoms with E-state index < -0.39 is 58.7 Å². The molecule has 4 fully saturated rings. The van der Waals surface area contributed by atoms with E-state index in [0.717, 1.165) is 25.7 Å². The zero-order valence-electron chi connectivity index (χ0n) is 29.2. The molecule has 12 atom stereocenters. The molecule has 8 nitrogen and oxygen atoms in total. The van der Waals surface area contributed by atoms with Gasteiger partial charge in [0.05, 0.1) is 36.9 Å². The van der Waals surface area contributed by atoms with Crippen LogP contribution in [0, 0.1) is 50.2 Å². The summed E-state index contributed by atoms with van der Waals surface area (Å²) in [6.07, 6.45) is 9.63. The molecule has 3 unspecified atom stereocenters. The summed E-state index contributed by atoms with van der Waals surface area (Å²) in [5.41, 5.74) is -1.98. The van der Waals surface area contributed by atoms with Gasteiger partial charge < -0.3 is 29.9 Å². The minimum Gasteiger partial charge on any atom is -0.462 e. The fraction of sp³-hybridized carbons (Fsp3) is 0.800. The first-order chi connectivity index (χ1) is 21.4. The number of rotatable bonds is 6. The van der Waals surface area contributed by atoms with Crippen LogP contribution in [0.2, 0.25) is 0 Å². The number of allylic oxidation sites excluding steroid dienone is 4. The number of carbonyl (C=O) groups excluding carboxylic acids is 2. The summed E-state index contributed by atoms with van der Waals surface area (Å²) >= 11 is 0. The Kier molecular flexibility index (Phi) is 11.5. The van der Waals surface area contributed by atoms with Crippen molar-refractivity contribution in [2.75, 3.05) is 13.2 Å². The Bertz CT molecular complexity index is 1300. The molecular formula is C40H66O8. The maximum atomic E-state index is 12.8. The van der Waals surface area contributed by atoms with Crippen molar-refractivity contribution in [3.63, 3.8) is 0 Å². The average molecular weight is 675 g/mol. The van der Waals surface area contributed by atoms with Gasteiger partial charge >= 0.3 is 11.9 Å². The first-order valence-electron chi connectivity index (χ1n) is 17.4. The Morgan fingerprint density at radius 3 is 2.10 bits per heavy atom. The van der Waals surface area contributed by atoms with E-state index in [1.54, 1.807) is 26.0 Å². The molecule has 4 N–H and O–H groups in total. The van der Waals surface area contributed by atoms with Crippen molar-refractivity contribution in [2.24, 2.45) is 50.2 Å². The Balaban J connectivity index is 0.00000312. The van der Waals surface area contributed by atoms with Crippen LogP contribution in [0.5, 0.6) is 0 Å². The van der Waals surface area contributed by atoms with Crippen LogP contribution in [0.3, 0.4) is 0 Å². The topological polar surface area (TPSA) is 134 Å².